The molecule has 0 aliphatic carbocycles. The van der Waals surface area contributed by atoms with E-state index in [-0.39, 0.29) is 0 Å². The van der Waals surface area contributed by atoms with Gasteiger partial charge in [0, 0.05) is 18.0 Å². The van der Waals surface area contributed by atoms with Crippen LogP contribution in [0.4, 0.5) is 11.6 Å². The molecule has 0 saturated carbocycles. The van der Waals surface area contributed by atoms with Crippen LogP contribution in [0.15, 0.2) is 31.4 Å². The average molecular weight is 336 g/mol. The number of anilines is 2. The van der Waals surface area contributed by atoms with Crippen LogP contribution in [-0.2, 0) is 9.53 Å². The molecule has 0 bridgehead atoms. The minimum Gasteiger partial charge on any atom is -0.394 e. The molecule has 2 unspecified atom stereocenters. The van der Waals surface area contributed by atoms with Crippen LogP contribution in [-0.4, -0.2) is 62.7 Å². The predicted molar refractivity (Wildman–Crippen MR) is 86.0 cm³/mol. The number of aliphatic hydroxyl groups is 3. The Balaban J connectivity index is 2.31. The van der Waals surface area contributed by atoms with Gasteiger partial charge in [-0.2, -0.15) is 0 Å². The first-order chi connectivity index (χ1) is 11.5. The molecule has 9 heteroatoms. The summed E-state index contributed by atoms with van der Waals surface area (Å²) < 4.78 is 5.50. The molecular weight excluding hydrogens is 316 g/mol. The molecule has 1 saturated heterocycles. The van der Waals surface area contributed by atoms with E-state index in [4.69, 9.17) is 4.74 Å². The molecule has 0 spiro atoms. The number of carbonyl (C=O) groups excluding carboxylic acids is 1. The molecule has 0 radical (unpaired) electrons. The number of aldehydes is 1. The van der Waals surface area contributed by atoms with Gasteiger partial charge in [-0.05, 0) is 13.0 Å². The van der Waals surface area contributed by atoms with Gasteiger partial charge in [0.25, 0.3) is 0 Å². The van der Waals surface area contributed by atoms with Crippen molar-refractivity contribution in [3.63, 3.8) is 0 Å². The standard InChI is InChI=1S/C15H20N4O5/c1-3-19(15-12(23)11(22)10(7-21)24-15)14-9(2)13(17-8-18-14)16-5-4-6-20/h3-6,8,10-12,15,21-23H,1,7H2,2H3,(H,16,17,18)/b5-4+/t10-,11?,12?,15-/m1/s1. The van der Waals surface area contributed by atoms with Crippen molar-refractivity contribution in [1.29, 1.82) is 0 Å². The molecule has 4 atom stereocenters. The average Bonchev–Trinajstić information content (AvgIpc) is 2.87. The second-order valence-corrected chi connectivity index (χ2v) is 5.13. The third-order valence-corrected chi connectivity index (χ3v) is 3.68. The van der Waals surface area contributed by atoms with Crippen molar-refractivity contribution < 1.29 is 24.9 Å². The highest BCUT2D eigenvalue weighted by molar-refractivity contribution is 5.66. The maximum atomic E-state index is 10.3. The fourth-order valence-electron chi connectivity index (χ4n) is 2.43. The first-order valence-electron chi connectivity index (χ1n) is 7.27. The van der Waals surface area contributed by atoms with Crippen molar-refractivity contribution >= 4 is 17.9 Å². The highest BCUT2D eigenvalue weighted by Gasteiger charge is 2.45. The zero-order valence-electron chi connectivity index (χ0n) is 13.1. The van der Waals surface area contributed by atoms with Crippen LogP contribution in [0.2, 0.25) is 0 Å². The Morgan fingerprint density at radius 3 is 2.75 bits per heavy atom. The second-order valence-electron chi connectivity index (χ2n) is 5.13. The van der Waals surface area contributed by atoms with Crippen molar-refractivity contribution in [2.75, 3.05) is 16.8 Å². The fraction of sp³-hybridized carbons (Fsp3) is 0.400. The number of carbonyl (C=O) groups is 1. The third-order valence-electron chi connectivity index (χ3n) is 3.68. The number of nitrogens with zero attached hydrogens (tertiary/aromatic N) is 3. The van der Waals surface area contributed by atoms with E-state index in [2.05, 4.69) is 21.9 Å². The van der Waals surface area contributed by atoms with E-state index in [0.29, 0.717) is 23.5 Å². The quantitative estimate of drug-likeness (QED) is 0.377. The van der Waals surface area contributed by atoms with Crippen LogP contribution in [0.5, 0.6) is 0 Å². The molecule has 24 heavy (non-hydrogen) atoms. The highest BCUT2D eigenvalue weighted by Crippen LogP contribution is 2.30. The lowest BCUT2D eigenvalue weighted by Crippen LogP contribution is -2.42. The van der Waals surface area contributed by atoms with Crippen LogP contribution in [0.1, 0.15) is 5.56 Å². The number of aromatic nitrogens is 2. The van der Waals surface area contributed by atoms with E-state index in [1.165, 1.54) is 29.7 Å². The van der Waals surface area contributed by atoms with Crippen molar-refractivity contribution in [1.82, 2.24) is 9.97 Å². The zero-order chi connectivity index (χ0) is 17.7. The topological polar surface area (TPSA) is 128 Å². The molecule has 1 fully saturated rings. The van der Waals surface area contributed by atoms with Gasteiger partial charge in [-0.25, -0.2) is 9.97 Å². The van der Waals surface area contributed by atoms with E-state index >= 15 is 0 Å². The molecule has 1 aromatic heterocycles. The Bertz CT molecular complexity index is 624. The lowest BCUT2D eigenvalue weighted by atomic mass is 10.1. The summed E-state index contributed by atoms with van der Waals surface area (Å²) >= 11 is 0. The largest absolute Gasteiger partial charge is 0.394 e. The van der Waals surface area contributed by atoms with E-state index < -0.39 is 31.1 Å². The Labute approximate surface area is 138 Å². The molecule has 2 rings (SSSR count). The van der Waals surface area contributed by atoms with Crippen molar-refractivity contribution in [3.8, 4) is 0 Å². The van der Waals surface area contributed by atoms with Gasteiger partial charge in [0.15, 0.2) is 6.23 Å². The highest BCUT2D eigenvalue weighted by atomic mass is 16.6. The Hall–Kier alpha value is -2.33. The van der Waals surface area contributed by atoms with Crippen molar-refractivity contribution in [2.45, 2.75) is 31.5 Å². The Kier molecular flexibility index (Phi) is 5.99. The lowest BCUT2D eigenvalue weighted by molar-refractivity contribution is -0.104. The van der Waals surface area contributed by atoms with Crippen LogP contribution >= 0.6 is 0 Å². The minimum atomic E-state index is -1.25. The molecule has 4 N–H and O–H groups in total. The molecular formula is C15H20N4O5. The monoisotopic (exact) mass is 336 g/mol. The first kappa shape index (κ1) is 18.0. The van der Waals surface area contributed by atoms with E-state index in [1.807, 2.05) is 0 Å². The van der Waals surface area contributed by atoms with E-state index in [0.717, 1.165) is 0 Å². The number of allylic oxidation sites excluding steroid dienone is 1. The van der Waals surface area contributed by atoms with Gasteiger partial charge < -0.3 is 30.3 Å². The number of aliphatic hydroxyl groups excluding tert-OH is 3. The number of nitrogens with one attached hydrogen (secondary N) is 1. The van der Waals surface area contributed by atoms with Gasteiger partial charge in [-0.1, -0.05) is 6.58 Å². The Morgan fingerprint density at radius 2 is 2.17 bits per heavy atom. The van der Waals surface area contributed by atoms with Gasteiger partial charge in [-0.3, -0.25) is 4.79 Å². The van der Waals surface area contributed by atoms with Gasteiger partial charge in [-0.15, -0.1) is 0 Å². The number of ether oxygens (including phenoxy) is 1. The van der Waals surface area contributed by atoms with Gasteiger partial charge in [0.05, 0.1) is 6.61 Å². The molecule has 1 aliphatic rings. The van der Waals surface area contributed by atoms with Crippen LogP contribution in [0, 0.1) is 6.92 Å². The summed E-state index contributed by atoms with van der Waals surface area (Å²) in [5.74, 6) is 0.855. The smallest absolute Gasteiger partial charge is 0.164 e. The summed E-state index contributed by atoms with van der Waals surface area (Å²) in [4.78, 5) is 20.0. The number of hydrogen-bond acceptors (Lipinski definition) is 9. The summed E-state index contributed by atoms with van der Waals surface area (Å²) in [6.07, 6.45) is 1.70. The van der Waals surface area contributed by atoms with Crippen molar-refractivity contribution in [2.24, 2.45) is 0 Å². The molecule has 0 aromatic carbocycles. The SMILES string of the molecule is C=CN(c1ncnc(N/C=C/C=O)c1C)[C@@H]1O[C@H](CO)C(O)C1O. The second kappa shape index (κ2) is 7.97. The van der Waals surface area contributed by atoms with Crippen LogP contribution < -0.4 is 10.2 Å². The number of rotatable bonds is 7. The van der Waals surface area contributed by atoms with E-state index in [1.54, 1.807) is 6.92 Å². The first-order valence-corrected chi connectivity index (χ1v) is 7.27. The zero-order valence-corrected chi connectivity index (χ0v) is 13.1. The maximum absolute atomic E-state index is 10.3. The summed E-state index contributed by atoms with van der Waals surface area (Å²) in [7, 11) is 0. The minimum absolute atomic E-state index is 0.400. The van der Waals surface area contributed by atoms with Crippen molar-refractivity contribution in [3.05, 3.63) is 36.9 Å². The van der Waals surface area contributed by atoms with Gasteiger partial charge in [0.2, 0.25) is 0 Å². The summed E-state index contributed by atoms with van der Waals surface area (Å²) in [5, 5.41) is 32.1. The molecule has 130 valence electrons. The Morgan fingerprint density at radius 1 is 1.42 bits per heavy atom. The van der Waals surface area contributed by atoms with Gasteiger partial charge in [0.1, 0.15) is 42.6 Å². The maximum Gasteiger partial charge on any atom is 0.164 e. The normalized spacial score (nSPS) is 26.5. The molecule has 1 aliphatic heterocycles. The summed E-state index contributed by atoms with van der Waals surface area (Å²) in [5.41, 5.74) is 0.616. The number of hydrogen-bond donors (Lipinski definition) is 4. The van der Waals surface area contributed by atoms with Gasteiger partial charge >= 0.3 is 0 Å². The lowest BCUT2D eigenvalue weighted by Gasteiger charge is -2.29. The molecule has 0 amide bonds. The third kappa shape index (κ3) is 3.44. The van der Waals surface area contributed by atoms with E-state index in [9.17, 15) is 20.1 Å². The summed E-state index contributed by atoms with van der Waals surface area (Å²) in [6, 6.07) is 0. The molecule has 9 nitrogen and oxygen atoms in total. The molecule has 2 heterocycles. The fourth-order valence-corrected chi connectivity index (χ4v) is 2.43. The summed E-state index contributed by atoms with van der Waals surface area (Å²) in [6.45, 7) is 5.00. The predicted octanol–water partition coefficient (Wildman–Crippen LogP) is -0.702. The van der Waals surface area contributed by atoms with Crippen LogP contribution in [0.3, 0.4) is 0 Å². The van der Waals surface area contributed by atoms with Crippen LogP contribution in [0.25, 0.3) is 0 Å². The molecule has 1 aromatic rings.